The second-order valence-corrected chi connectivity index (χ2v) is 4.27. The van der Waals surface area contributed by atoms with E-state index in [0.717, 1.165) is 10.0 Å². The Morgan fingerprint density at radius 2 is 2.18 bits per heavy atom. The molecule has 4 nitrogen and oxygen atoms in total. The van der Waals surface area contributed by atoms with Crippen molar-refractivity contribution >= 4 is 27.7 Å². The number of carbonyl (C=O) groups excluding carboxylic acids is 1. The Bertz CT molecular complexity index is 543. The molecule has 1 N–H and O–H groups in total. The molecule has 0 saturated carbocycles. The molecule has 1 heterocycles. The van der Waals surface area contributed by atoms with Crippen LogP contribution in [0.25, 0.3) is 0 Å². The number of halogens is 1. The zero-order valence-corrected chi connectivity index (χ0v) is 10.7. The van der Waals surface area contributed by atoms with Crippen molar-refractivity contribution in [2.24, 2.45) is 0 Å². The number of nitrogens with zero attached hydrogens (tertiary/aromatic N) is 2. The van der Waals surface area contributed by atoms with E-state index >= 15 is 0 Å². The number of aromatic nitrogens is 2. The molecule has 2 rings (SSSR count). The molecule has 0 bridgehead atoms. The van der Waals surface area contributed by atoms with E-state index in [4.69, 9.17) is 0 Å². The number of hydrogen-bond acceptors (Lipinski definition) is 3. The molecule has 0 radical (unpaired) electrons. The number of anilines is 1. The molecule has 0 spiro atoms. The average Bonchev–Trinajstić information content (AvgIpc) is 2.34. The number of amides is 1. The highest BCUT2D eigenvalue weighted by molar-refractivity contribution is 9.10. The first-order chi connectivity index (χ1) is 8.18. The first kappa shape index (κ1) is 11.7. The van der Waals surface area contributed by atoms with Crippen molar-refractivity contribution in [2.45, 2.75) is 6.92 Å². The molecule has 2 aromatic rings. The van der Waals surface area contributed by atoms with Gasteiger partial charge in [0.25, 0.3) is 5.91 Å². The molecule has 0 saturated heterocycles. The van der Waals surface area contributed by atoms with Gasteiger partial charge < -0.3 is 5.32 Å². The van der Waals surface area contributed by atoms with Crippen LogP contribution in [0.2, 0.25) is 0 Å². The normalized spacial score (nSPS) is 10.0. The number of aryl methyl sites for hydroxylation is 1. The van der Waals surface area contributed by atoms with Crippen LogP contribution in [0, 0.1) is 6.92 Å². The van der Waals surface area contributed by atoms with Gasteiger partial charge in [-0.1, -0.05) is 12.1 Å². The fraction of sp³-hybridized carbons (Fsp3) is 0.0833. The maximum atomic E-state index is 12.0. The van der Waals surface area contributed by atoms with Gasteiger partial charge in [-0.3, -0.25) is 9.78 Å². The molecule has 0 aliphatic rings. The molecule has 0 aliphatic carbocycles. The standard InChI is InChI=1S/C12H10BrN3O/c1-8-3-2-4-9(11(8)13)12(17)16-10-7-14-5-6-15-10/h2-7H,1H3,(H,15,16,17). The Balaban J connectivity index is 2.24. The summed E-state index contributed by atoms with van der Waals surface area (Å²) in [7, 11) is 0. The average molecular weight is 292 g/mol. The van der Waals surface area contributed by atoms with Crippen molar-refractivity contribution in [3.05, 3.63) is 52.4 Å². The largest absolute Gasteiger partial charge is 0.305 e. The van der Waals surface area contributed by atoms with E-state index in [9.17, 15) is 4.79 Å². The zero-order chi connectivity index (χ0) is 12.3. The fourth-order valence-electron chi connectivity index (χ4n) is 1.37. The van der Waals surface area contributed by atoms with E-state index in [1.807, 2.05) is 19.1 Å². The Morgan fingerprint density at radius 3 is 2.88 bits per heavy atom. The molecular formula is C12H10BrN3O. The third-order valence-corrected chi connectivity index (χ3v) is 3.29. The van der Waals surface area contributed by atoms with Gasteiger partial charge in [0.2, 0.25) is 0 Å². The molecule has 1 aromatic carbocycles. The van der Waals surface area contributed by atoms with Crippen molar-refractivity contribution in [1.82, 2.24) is 9.97 Å². The van der Waals surface area contributed by atoms with Crippen LogP contribution in [0.4, 0.5) is 5.82 Å². The van der Waals surface area contributed by atoms with Gasteiger partial charge in [-0.2, -0.15) is 0 Å². The Hall–Kier alpha value is -1.75. The van der Waals surface area contributed by atoms with E-state index in [2.05, 4.69) is 31.2 Å². The van der Waals surface area contributed by atoms with Gasteiger partial charge in [0.05, 0.1) is 11.8 Å². The SMILES string of the molecule is Cc1cccc(C(=O)Nc2cnccn2)c1Br. The minimum absolute atomic E-state index is 0.207. The van der Waals surface area contributed by atoms with E-state index in [0.29, 0.717) is 11.4 Å². The summed E-state index contributed by atoms with van der Waals surface area (Å²) in [5.41, 5.74) is 1.59. The lowest BCUT2D eigenvalue weighted by atomic mass is 10.1. The Morgan fingerprint density at radius 1 is 1.35 bits per heavy atom. The molecule has 86 valence electrons. The molecule has 0 fully saturated rings. The van der Waals surface area contributed by atoms with Crippen LogP contribution in [0.1, 0.15) is 15.9 Å². The van der Waals surface area contributed by atoms with Crippen molar-refractivity contribution in [3.8, 4) is 0 Å². The molecule has 5 heteroatoms. The third kappa shape index (κ3) is 2.68. The fourth-order valence-corrected chi connectivity index (χ4v) is 1.81. The molecular weight excluding hydrogens is 282 g/mol. The number of carbonyl (C=O) groups is 1. The van der Waals surface area contributed by atoms with Crippen LogP contribution >= 0.6 is 15.9 Å². The first-order valence-electron chi connectivity index (χ1n) is 5.01. The lowest BCUT2D eigenvalue weighted by Crippen LogP contribution is -2.14. The molecule has 0 atom stereocenters. The summed E-state index contributed by atoms with van der Waals surface area (Å²) in [6.07, 6.45) is 4.58. The van der Waals surface area contributed by atoms with Crippen molar-refractivity contribution in [1.29, 1.82) is 0 Å². The number of nitrogens with one attached hydrogen (secondary N) is 1. The monoisotopic (exact) mass is 291 g/mol. The second-order valence-electron chi connectivity index (χ2n) is 3.48. The highest BCUT2D eigenvalue weighted by Gasteiger charge is 2.11. The smallest absolute Gasteiger partial charge is 0.258 e. The Labute approximate surface area is 107 Å². The maximum absolute atomic E-state index is 12.0. The highest BCUT2D eigenvalue weighted by Crippen LogP contribution is 2.21. The van der Waals surface area contributed by atoms with Gasteiger partial charge in [-0.25, -0.2) is 4.98 Å². The number of hydrogen-bond donors (Lipinski definition) is 1. The molecule has 1 amide bonds. The van der Waals surface area contributed by atoms with Crippen molar-refractivity contribution in [2.75, 3.05) is 5.32 Å². The predicted molar refractivity (Wildman–Crippen MR) is 68.9 cm³/mol. The van der Waals surface area contributed by atoms with E-state index < -0.39 is 0 Å². The van der Waals surface area contributed by atoms with Gasteiger partial charge in [0, 0.05) is 16.9 Å². The summed E-state index contributed by atoms with van der Waals surface area (Å²) in [5.74, 6) is 0.229. The summed E-state index contributed by atoms with van der Waals surface area (Å²) in [6.45, 7) is 1.93. The van der Waals surface area contributed by atoms with Crippen LogP contribution in [-0.4, -0.2) is 15.9 Å². The number of rotatable bonds is 2. The van der Waals surface area contributed by atoms with Gasteiger partial charge in [-0.05, 0) is 34.5 Å². The summed E-state index contributed by atoms with van der Waals surface area (Å²) < 4.78 is 0.793. The summed E-state index contributed by atoms with van der Waals surface area (Å²) in [5, 5.41) is 2.68. The first-order valence-corrected chi connectivity index (χ1v) is 5.80. The lowest BCUT2D eigenvalue weighted by Gasteiger charge is -2.07. The van der Waals surface area contributed by atoms with E-state index in [1.165, 1.54) is 12.4 Å². The third-order valence-electron chi connectivity index (χ3n) is 2.24. The van der Waals surface area contributed by atoms with Crippen molar-refractivity contribution < 1.29 is 4.79 Å². The van der Waals surface area contributed by atoms with Gasteiger partial charge in [0.1, 0.15) is 0 Å². The van der Waals surface area contributed by atoms with Gasteiger partial charge >= 0.3 is 0 Å². The maximum Gasteiger partial charge on any atom is 0.258 e. The van der Waals surface area contributed by atoms with Gasteiger partial charge in [-0.15, -0.1) is 0 Å². The quantitative estimate of drug-likeness (QED) is 0.926. The molecule has 1 aromatic heterocycles. The topological polar surface area (TPSA) is 54.9 Å². The molecule has 0 aliphatic heterocycles. The summed E-state index contributed by atoms with van der Waals surface area (Å²) in [4.78, 5) is 19.8. The number of benzene rings is 1. The van der Waals surface area contributed by atoms with Crippen LogP contribution in [0.5, 0.6) is 0 Å². The Kier molecular flexibility index (Phi) is 3.49. The second kappa shape index (κ2) is 5.05. The van der Waals surface area contributed by atoms with Crippen LogP contribution in [0.15, 0.2) is 41.3 Å². The van der Waals surface area contributed by atoms with E-state index in [-0.39, 0.29) is 5.91 Å². The van der Waals surface area contributed by atoms with Crippen LogP contribution in [0.3, 0.4) is 0 Å². The minimum Gasteiger partial charge on any atom is -0.305 e. The molecule has 0 unspecified atom stereocenters. The lowest BCUT2D eigenvalue weighted by molar-refractivity contribution is 0.102. The van der Waals surface area contributed by atoms with Crippen LogP contribution < -0.4 is 5.32 Å². The summed E-state index contributed by atoms with van der Waals surface area (Å²) in [6, 6.07) is 5.53. The predicted octanol–water partition coefficient (Wildman–Crippen LogP) is 2.80. The zero-order valence-electron chi connectivity index (χ0n) is 9.14. The summed E-state index contributed by atoms with van der Waals surface area (Å²) >= 11 is 3.40. The van der Waals surface area contributed by atoms with E-state index in [1.54, 1.807) is 12.3 Å². The van der Waals surface area contributed by atoms with Crippen LogP contribution in [-0.2, 0) is 0 Å². The molecule has 17 heavy (non-hydrogen) atoms. The minimum atomic E-state index is -0.207. The highest BCUT2D eigenvalue weighted by atomic mass is 79.9. The van der Waals surface area contributed by atoms with Gasteiger partial charge in [0.15, 0.2) is 5.82 Å². The van der Waals surface area contributed by atoms with Crippen molar-refractivity contribution in [3.63, 3.8) is 0 Å².